The van der Waals surface area contributed by atoms with Crippen LogP contribution in [0.25, 0.3) is 0 Å². The van der Waals surface area contributed by atoms with E-state index in [4.69, 9.17) is 10.5 Å². The number of nitrogens with two attached hydrogens (primary N) is 1. The molecule has 2 saturated heterocycles. The van der Waals surface area contributed by atoms with Gasteiger partial charge >= 0.3 is 6.03 Å². The molecular weight excluding hydrogens is 356 g/mol. The van der Waals surface area contributed by atoms with Crippen LogP contribution in [0.5, 0.6) is 5.75 Å². The normalized spacial score (nSPS) is 27.2. The molecule has 2 heterocycles. The number of amides is 3. The zero-order chi connectivity index (χ0) is 17.6. The monoisotopic (exact) mass is 380 g/mol. The molecule has 3 aliphatic rings. The number of carbonyl (C=O) groups is 2. The summed E-state index contributed by atoms with van der Waals surface area (Å²) in [5, 5.41) is 2.78. The van der Waals surface area contributed by atoms with Gasteiger partial charge in [-0.1, -0.05) is 0 Å². The highest BCUT2D eigenvalue weighted by Crippen LogP contribution is 2.38. The van der Waals surface area contributed by atoms with Gasteiger partial charge in [-0.05, 0) is 42.9 Å². The number of benzene rings is 1. The van der Waals surface area contributed by atoms with Gasteiger partial charge in [0.05, 0.1) is 12.8 Å². The molecule has 0 aromatic heterocycles. The van der Waals surface area contributed by atoms with Crippen LogP contribution in [0.1, 0.15) is 23.2 Å². The first-order valence-corrected chi connectivity index (χ1v) is 8.86. The van der Waals surface area contributed by atoms with Crippen molar-refractivity contribution in [3.8, 4) is 5.75 Å². The van der Waals surface area contributed by atoms with Crippen molar-refractivity contribution in [3.63, 3.8) is 0 Å². The maximum atomic E-state index is 13.0. The van der Waals surface area contributed by atoms with Gasteiger partial charge in [0.15, 0.2) is 0 Å². The molecular formula is C18H25ClN4O3. The van der Waals surface area contributed by atoms with E-state index >= 15 is 0 Å². The van der Waals surface area contributed by atoms with Crippen molar-refractivity contribution in [3.05, 3.63) is 23.8 Å². The lowest BCUT2D eigenvalue weighted by molar-refractivity contribution is 0.0779. The lowest BCUT2D eigenvalue weighted by Gasteiger charge is -2.22. The Morgan fingerprint density at radius 1 is 1.31 bits per heavy atom. The number of fused-ring (bicyclic) bond motifs is 1. The summed E-state index contributed by atoms with van der Waals surface area (Å²) in [5.74, 6) is 1.55. The summed E-state index contributed by atoms with van der Waals surface area (Å²) in [6.07, 6.45) is 2.17. The van der Waals surface area contributed by atoms with E-state index in [2.05, 4.69) is 5.32 Å². The minimum Gasteiger partial charge on any atom is -0.495 e. The molecule has 2 aliphatic heterocycles. The van der Waals surface area contributed by atoms with Crippen LogP contribution in [-0.2, 0) is 0 Å². The van der Waals surface area contributed by atoms with Gasteiger partial charge in [-0.2, -0.15) is 0 Å². The van der Waals surface area contributed by atoms with Crippen LogP contribution in [0.15, 0.2) is 18.2 Å². The van der Waals surface area contributed by atoms with Crippen LogP contribution in [0, 0.1) is 11.8 Å². The maximum Gasteiger partial charge on any atom is 0.322 e. The lowest BCUT2D eigenvalue weighted by Crippen LogP contribution is -2.33. The zero-order valence-corrected chi connectivity index (χ0v) is 15.6. The van der Waals surface area contributed by atoms with Crippen LogP contribution >= 0.6 is 12.4 Å². The number of methoxy groups -OCH3 is 1. The predicted molar refractivity (Wildman–Crippen MR) is 101 cm³/mol. The first-order chi connectivity index (χ1) is 12.1. The third kappa shape index (κ3) is 3.10. The van der Waals surface area contributed by atoms with Crippen LogP contribution in [0.4, 0.5) is 10.5 Å². The van der Waals surface area contributed by atoms with Gasteiger partial charge in [0.1, 0.15) is 5.75 Å². The molecule has 3 amide bonds. The van der Waals surface area contributed by atoms with E-state index in [0.717, 1.165) is 25.9 Å². The summed E-state index contributed by atoms with van der Waals surface area (Å²) in [4.78, 5) is 28.5. The van der Waals surface area contributed by atoms with Crippen LogP contribution in [0.3, 0.4) is 0 Å². The fourth-order valence-corrected chi connectivity index (χ4v) is 4.39. The second-order valence-corrected chi connectivity index (χ2v) is 7.15. The Labute approximate surface area is 159 Å². The molecule has 3 atom stereocenters. The zero-order valence-electron chi connectivity index (χ0n) is 14.8. The molecule has 1 aromatic rings. The molecule has 0 radical (unpaired) electrons. The largest absolute Gasteiger partial charge is 0.495 e. The average molecular weight is 381 g/mol. The Morgan fingerprint density at radius 2 is 2.12 bits per heavy atom. The number of likely N-dealkylation sites (tertiary alicyclic amines) is 1. The fraction of sp³-hybridized carbons (Fsp3) is 0.556. The summed E-state index contributed by atoms with van der Waals surface area (Å²) >= 11 is 0. The number of urea groups is 1. The molecule has 8 heteroatoms. The number of halogens is 1. The van der Waals surface area contributed by atoms with Crippen molar-refractivity contribution in [2.75, 3.05) is 38.2 Å². The SMILES string of the molecule is COc1ccc(C(=O)N2CC3CCC(N)C3C2)cc1N1CCNC1=O.Cl. The van der Waals surface area contributed by atoms with E-state index < -0.39 is 0 Å². The average Bonchev–Trinajstić information content (AvgIpc) is 3.31. The highest BCUT2D eigenvalue weighted by Gasteiger charge is 2.42. The van der Waals surface area contributed by atoms with Gasteiger partial charge in [0.25, 0.3) is 5.91 Å². The Kier molecular flexibility index (Phi) is 5.29. The van der Waals surface area contributed by atoms with Gasteiger partial charge < -0.3 is 20.7 Å². The van der Waals surface area contributed by atoms with E-state index in [1.807, 2.05) is 4.90 Å². The summed E-state index contributed by atoms with van der Waals surface area (Å²) in [6, 6.07) is 5.34. The van der Waals surface area contributed by atoms with Crippen molar-refractivity contribution < 1.29 is 14.3 Å². The number of anilines is 1. The van der Waals surface area contributed by atoms with E-state index in [-0.39, 0.29) is 30.4 Å². The van der Waals surface area contributed by atoms with Crippen molar-refractivity contribution in [2.45, 2.75) is 18.9 Å². The molecule has 0 spiro atoms. The second kappa shape index (κ2) is 7.32. The summed E-state index contributed by atoms with van der Waals surface area (Å²) in [5.41, 5.74) is 7.40. The number of carbonyl (C=O) groups excluding carboxylic acids is 2. The minimum atomic E-state index is -0.162. The molecule has 0 bridgehead atoms. The molecule has 1 saturated carbocycles. The maximum absolute atomic E-state index is 13.0. The minimum absolute atomic E-state index is 0. The number of ether oxygens (including phenoxy) is 1. The number of nitrogens with one attached hydrogen (secondary N) is 1. The van der Waals surface area contributed by atoms with Crippen molar-refractivity contribution in [2.24, 2.45) is 17.6 Å². The molecule has 1 aliphatic carbocycles. The van der Waals surface area contributed by atoms with Crippen LogP contribution in [0.2, 0.25) is 0 Å². The van der Waals surface area contributed by atoms with Gasteiger partial charge in [0, 0.05) is 37.8 Å². The third-order valence-corrected chi connectivity index (χ3v) is 5.77. The van der Waals surface area contributed by atoms with Gasteiger partial charge in [-0.3, -0.25) is 9.69 Å². The smallest absolute Gasteiger partial charge is 0.322 e. The topological polar surface area (TPSA) is 87.9 Å². The predicted octanol–water partition coefficient (Wildman–Crippen LogP) is 1.46. The van der Waals surface area contributed by atoms with Crippen molar-refractivity contribution >= 4 is 30.0 Å². The number of hydrogen-bond donors (Lipinski definition) is 2. The Bertz CT molecular complexity index is 714. The Balaban J connectivity index is 0.00000196. The molecule has 142 valence electrons. The van der Waals surface area contributed by atoms with Gasteiger partial charge in [-0.15, -0.1) is 12.4 Å². The summed E-state index contributed by atoms with van der Waals surface area (Å²) in [6.45, 7) is 2.67. The number of nitrogens with zero attached hydrogens (tertiary/aromatic N) is 2. The second-order valence-electron chi connectivity index (χ2n) is 7.15. The summed E-state index contributed by atoms with van der Waals surface area (Å²) < 4.78 is 5.38. The van der Waals surface area contributed by atoms with E-state index in [1.165, 1.54) is 0 Å². The van der Waals surface area contributed by atoms with Crippen molar-refractivity contribution in [1.29, 1.82) is 0 Å². The quantitative estimate of drug-likeness (QED) is 0.830. The highest BCUT2D eigenvalue weighted by molar-refractivity contribution is 6.00. The third-order valence-electron chi connectivity index (χ3n) is 5.77. The van der Waals surface area contributed by atoms with E-state index in [1.54, 1.807) is 30.2 Å². The Hall–Kier alpha value is -1.99. The molecule has 3 unspecified atom stereocenters. The standard InChI is InChI=1S/C18H24N4O3.ClH/c1-25-16-5-3-11(8-15(16)22-7-6-20-18(22)24)17(23)21-9-12-2-4-14(19)13(12)10-21;/h3,5,8,12-14H,2,4,6-7,9-10,19H2,1H3,(H,20,24);1H. The molecule has 3 fully saturated rings. The molecule has 1 aromatic carbocycles. The highest BCUT2D eigenvalue weighted by atomic mass is 35.5. The molecule has 26 heavy (non-hydrogen) atoms. The van der Waals surface area contributed by atoms with Gasteiger partial charge in [-0.25, -0.2) is 4.79 Å². The van der Waals surface area contributed by atoms with Crippen molar-refractivity contribution in [1.82, 2.24) is 10.2 Å². The first-order valence-electron chi connectivity index (χ1n) is 8.86. The van der Waals surface area contributed by atoms with Crippen LogP contribution in [-0.4, -0.2) is 56.2 Å². The molecule has 7 nitrogen and oxygen atoms in total. The fourth-order valence-electron chi connectivity index (χ4n) is 4.39. The van der Waals surface area contributed by atoms with E-state index in [0.29, 0.717) is 41.9 Å². The Morgan fingerprint density at radius 3 is 2.77 bits per heavy atom. The number of rotatable bonds is 3. The number of hydrogen-bond acceptors (Lipinski definition) is 4. The van der Waals surface area contributed by atoms with Gasteiger partial charge in [0.2, 0.25) is 0 Å². The first kappa shape index (κ1) is 18.8. The lowest BCUT2D eigenvalue weighted by atomic mass is 9.98. The molecule has 3 N–H and O–H groups in total. The summed E-state index contributed by atoms with van der Waals surface area (Å²) in [7, 11) is 1.57. The van der Waals surface area contributed by atoms with E-state index in [9.17, 15) is 9.59 Å². The molecule has 4 rings (SSSR count). The van der Waals surface area contributed by atoms with Crippen LogP contribution < -0.4 is 20.7 Å².